The molecule has 0 saturated carbocycles. The molecular weight excluding hydrogens is 360 g/mol. The number of rotatable bonds is 11. The number of carbonyl (C=O) groups excluding carboxylic acids is 3. The summed E-state index contributed by atoms with van der Waals surface area (Å²) >= 11 is 0. The smallest absolute Gasteiger partial charge is 0.328 e. The molecule has 0 aliphatic carbocycles. The summed E-state index contributed by atoms with van der Waals surface area (Å²) < 4.78 is 0. The number of nitrogens with one attached hydrogen (secondary N) is 3. The van der Waals surface area contributed by atoms with Gasteiger partial charge in [-0.2, -0.15) is 0 Å². The van der Waals surface area contributed by atoms with Gasteiger partial charge in [0.25, 0.3) is 0 Å². The molecular formula is C16H30N4O7. The van der Waals surface area contributed by atoms with Crippen molar-refractivity contribution in [3.05, 3.63) is 0 Å². The zero-order chi connectivity index (χ0) is 21.3. The van der Waals surface area contributed by atoms with Crippen LogP contribution < -0.4 is 21.7 Å². The Balaban J connectivity index is 5.32. The Morgan fingerprint density at radius 1 is 0.926 bits per heavy atom. The average Bonchev–Trinajstić information content (AvgIpc) is 2.59. The zero-order valence-electron chi connectivity index (χ0n) is 15.9. The van der Waals surface area contributed by atoms with Crippen molar-refractivity contribution >= 4 is 23.7 Å². The van der Waals surface area contributed by atoms with Crippen LogP contribution in [0.3, 0.4) is 0 Å². The highest BCUT2D eigenvalue weighted by atomic mass is 16.4. The Hall–Kier alpha value is -2.24. The summed E-state index contributed by atoms with van der Waals surface area (Å²) in [7, 11) is 0. The molecule has 0 radical (unpaired) electrons. The lowest BCUT2D eigenvalue weighted by molar-refractivity contribution is -0.144. The van der Waals surface area contributed by atoms with Crippen molar-refractivity contribution in [2.24, 2.45) is 11.7 Å². The van der Waals surface area contributed by atoms with Crippen LogP contribution in [0, 0.1) is 5.92 Å². The van der Waals surface area contributed by atoms with Crippen molar-refractivity contribution in [3.63, 3.8) is 0 Å². The molecule has 0 saturated heterocycles. The highest BCUT2D eigenvalue weighted by Gasteiger charge is 2.33. The Morgan fingerprint density at radius 2 is 1.41 bits per heavy atom. The largest absolute Gasteiger partial charge is 0.480 e. The van der Waals surface area contributed by atoms with Gasteiger partial charge in [0.2, 0.25) is 17.7 Å². The summed E-state index contributed by atoms with van der Waals surface area (Å²) in [4.78, 5) is 47.6. The number of aliphatic hydroxyl groups is 2. The highest BCUT2D eigenvalue weighted by Crippen LogP contribution is 2.09. The molecule has 0 aromatic carbocycles. The fourth-order valence-corrected chi connectivity index (χ4v) is 2.08. The van der Waals surface area contributed by atoms with E-state index >= 15 is 0 Å². The van der Waals surface area contributed by atoms with Crippen LogP contribution in [0.5, 0.6) is 0 Å². The van der Waals surface area contributed by atoms with Gasteiger partial charge in [0.1, 0.15) is 18.1 Å². The predicted molar refractivity (Wildman–Crippen MR) is 95.3 cm³/mol. The minimum atomic E-state index is -1.58. The molecule has 0 aromatic rings. The number of carbonyl (C=O) groups is 4. The van der Waals surface area contributed by atoms with Crippen molar-refractivity contribution in [1.29, 1.82) is 0 Å². The quantitative estimate of drug-likeness (QED) is 0.198. The van der Waals surface area contributed by atoms with Crippen LogP contribution in [-0.4, -0.2) is 75.9 Å². The van der Waals surface area contributed by atoms with E-state index < -0.39 is 60.6 Å². The maximum Gasteiger partial charge on any atom is 0.328 e. The van der Waals surface area contributed by atoms with Gasteiger partial charge >= 0.3 is 5.97 Å². The van der Waals surface area contributed by atoms with Crippen LogP contribution in [-0.2, 0) is 19.2 Å². The zero-order valence-corrected chi connectivity index (χ0v) is 15.9. The van der Waals surface area contributed by atoms with Gasteiger partial charge in [-0.3, -0.25) is 14.4 Å². The van der Waals surface area contributed by atoms with Crippen LogP contribution >= 0.6 is 0 Å². The first-order valence-electron chi connectivity index (χ1n) is 8.64. The van der Waals surface area contributed by atoms with Gasteiger partial charge in [-0.15, -0.1) is 0 Å². The summed E-state index contributed by atoms with van der Waals surface area (Å²) in [6, 6.07) is -4.92. The monoisotopic (exact) mass is 390 g/mol. The second kappa shape index (κ2) is 11.5. The minimum Gasteiger partial charge on any atom is -0.480 e. The topological polar surface area (TPSA) is 191 Å². The Kier molecular flexibility index (Phi) is 10.5. The highest BCUT2D eigenvalue weighted by molar-refractivity contribution is 5.94. The van der Waals surface area contributed by atoms with E-state index in [0.29, 0.717) is 6.42 Å². The molecule has 0 fully saturated rings. The van der Waals surface area contributed by atoms with E-state index in [1.807, 2.05) is 5.32 Å². The molecule has 0 rings (SSSR count). The van der Waals surface area contributed by atoms with Crippen LogP contribution in [0.25, 0.3) is 0 Å². The predicted octanol–water partition coefficient (Wildman–Crippen LogP) is -2.71. The number of hydrogen-bond donors (Lipinski definition) is 7. The summed E-state index contributed by atoms with van der Waals surface area (Å²) in [6.07, 6.45) is -0.821. The molecule has 0 aromatic heterocycles. The van der Waals surface area contributed by atoms with Gasteiger partial charge < -0.3 is 37.0 Å². The Labute approximate surface area is 157 Å². The number of nitrogens with two attached hydrogens (primary N) is 1. The maximum absolute atomic E-state index is 12.6. The van der Waals surface area contributed by atoms with Crippen LogP contribution in [0.4, 0.5) is 0 Å². The third-order valence-corrected chi connectivity index (χ3v) is 4.07. The van der Waals surface area contributed by atoms with Gasteiger partial charge in [-0.1, -0.05) is 20.3 Å². The molecule has 6 atom stereocenters. The Morgan fingerprint density at radius 3 is 1.78 bits per heavy atom. The van der Waals surface area contributed by atoms with Gasteiger partial charge in [-0.05, 0) is 19.8 Å². The Bertz CT molecular complexity index is 539. The van der Waals surface area contributed by atoms with Crippen molar-refractivity contribution < 1.29 is 34.5 Å². The summed E-state index contributed by atoms with van der Waals surface area (Å²) in [5, 5.41) is 34.5. The molecule has 0 aliphatic heterocycles. The summed E-state index contributed by atoms with van der Waals surface area (Å²) in [5.41, 5.74) is 5.50. The molecule has 3 amide bonds. The number of carboxylic acids is 1. The fourth-order valence-electron chi connectivity index (χ4n) is 2.08. The van der Waals surface area contributed by atoms with Crippen molar-refractivity contribution in [1.82, 2.24) is 16.0 Å². The van der Waals surface area contributed by atoms with E-state index in [4.69, 9.17) is 15.9 Å². The molecule has 6 unspecified atom stereocenters. The van der Waals surface area contributed by atoms with E-state index in [1.165, 1.54) is 13.8 Å². The van der Waals surface area contributed by atoms with Crippen LogP contribution in [0.15, 0.2) is 0 Å². The molecule has 0 bridgehead atoms. The molecule has 27 heavy (non-hydrogen) atoms. The summed E-state index contributed by atoms with van der Waals surface area (Å²) in [6.45, 7) is 5.35. The van der Waals surface area contributed by atoms with Crippen LogP contribution in [0.1, 0.15) is 34.1 Å². The van der Waals surface area contributed by atoms with Gasteiger partial charge in [0, 0.05) is 0 Å². The van der Waals surface area contributed by atoms with Gasteiger partial charge in [-0.25, -0.2) is 4.79 Å². The molecule has 0 heterocycles. The standard InChI is InChI=1S/C16H30N4O7/c1-5-7(2)11(19-13(23)8(3)17)14(24)20-12(9(4)22)15(25)18-10(6-21)16(26)27/h7-12,21-22H,5-6,17H2,1-4H3,(H,18,25)(H,19,23)(H,20,24)(H,26,27). The van der Waals surface area contributed by atoms with Crippen molar-refractivity contribution in [2.45, 2.75) is 64.4 Å². The van der Waals surface area contributed by atoms with E-state index in [9.17, 15) is 24.3 Å². The molecule has 11 heteroatoms. The van der Waals surface area contributed by atoms with E-state index in [1.54, 1.807) is 13.8 Å². The van der Waals surface area contributed by atoms with Crippen molar-refractivity contribution in [3.8, 4) is 0 Å². The minimum absolute atomic E-state index is 0.297. The first-order chi connectivity index (χ1) is 12.5. The van der Waals surface area contributed by atoms with E-state index in [2.05, 4.69) is 10.6 Å². The second-order valence-electron chi connectivity index (χ2n) is 6.47. The van der Waals surface area contributed by atoms with Crippen molar-refractivity contribution in [2.75, 3.05) is 6.61 Å². The molecule has 156 valence electrons. The van der Waals surface area contributed by atoms with Gasteiger partial charge in [0.05, 0.1) is 18.8 Å². The first kappa shape index (κ1) is 24.8. The lowest BCUT2D eigenvalue weighted by atomic mass is 9.97. The first-order valence-corrected chi connectivity index (χ1v) is 8.64. The third-order valence-electron chi connectivity index (χ3n) is 4.07. The van der Waals surface area contributed by atoms with Crippen LogP contribution in [0.2, 0.25) is 0 Å². The molecule has 8 N–H and O–H groups in total. The second-order valence-corrected chi connectivity index (χ2v) is 6.47. The van der Waals surface area contributed by atoms with Gasteiger partial charge in [0.15, 0.2) is 0 Å². The number of amides is 3. The lowest BCUT2D eigenvalue weighted by Gasteiger charge is -2.28. The molecule has 0 spiro atoms. The number of hydrogen-bond acceptors (Lipinski definition) is 7. The number of aliphatic carboxylic acids is 1. The number of carboxylic acid groups (broad SMARTS) is 1. The average molecular weight is 390 g/mol. The lowest BCUT2D eigenvalue weighted by Crippen LogP contribution is -2.61. The SMILES string of the molecule is CCC(C)C(NC(=O)C(C)N)C(=O)NC(C(=O)NC(CO)C(=O)O)C(C)O. The summed E-state index contributed by atoms with van der Waals surface area (Å²) in [5.74, 6) is -4.03. The fraction of sp³-hybridized carbons (Fsp3) is 0.750. The van der Waals surface area contributed by atoms with E-state index in [0.717, 1.165) is 0 Å². The maximum atomic E-state index is 12.6. The molecule has 0 aliphatic rings. The normalized spacial score (nSPS) is 17.6. The molecule has 11 nitrogen and oxygen atoms in total. The number of aliphatic hydroxyl groups excluding tert-OH is 2. The third kappa shape index (κ3) is 7.89. The van der Waals surface area contributed by atoms with E-state index in [-0.39, 0.29) is 5.92 Å².